The van der Waals surface area contributed by atoms with E-state index in [1.54, 1.807) is 0 Å². The first-order valence-electron chi connectivity index (χ1n) is 5.93. The van der Waals surface area contributed by atoms with Crippen LogP contribution in [0.3, 0.4) is 0 Å². The van der Waals surface area contributed by atoms with Gasteiger partial charge in [0.25, 0.3) is 0 Å². The number of halogens is 3. The molecule has 0 unspecified atom stereocenters. The highest BCUT2D eigenvalue weighted by molar-refractivity contribution is 6.42. The van der Waals surface area contributed by atoms with E-state index in [0.717, 1.165) is 18.2 Å². The minimum atomic E-state index is -0.724. The van der Waals surface area contributed by atoms with Crippen LogP contribution >= 0.6 is 23.2 Å². The highest BCUT2D eigenvalue weighted by Gasteiger charge is 2.17. The third kappa shape index (κ3) is 3.72. The lowest BCUT2D eigenvalue weighted by molar-refractivity contribution is -0.385. The van der Waals surface area contributed by atoms with Crippen LogP contribution in [0, 0.1) is 15.9 Å². The van der Waals surface area contributed by atoms with Gasteiger partial charge in [-0.1, -0.05) is 23.2 Å². The summed E-state index contributed by atoms with van der Waals surface area (Å²) in [6.07, 6.45) is 0. The molecule has 2 rings (SSSR count). The molecule has 0 aromatic heterocycles. The summed E-state index contributed by atoms with van der Waals surface area (Å²) >= 11 is 11.5. The molecule has 0 N–H and O–H groups in total. The Morgan fingerprint density at radius 3 is 2.55 bits per heavy atom. The lowest BCUT2D eigenvalue weighted by Gasteiger charge is -2.07. The number of nitro groups is 1. The molecule has 22 heavy (non-hydrogen) atoms. The molecule has 0 amide bonds. The van der Waals surface area contributed by atoms with Crippen LogP contribution in [0.4, 0.5) is 10.1 Å². The van der Waals surface area contributed by atoms with Gasteiger partial charge in [-0.15, -0.1) is 0 Å². The van der Waals surface area contributed by atoms with Gasteiger partial charge < -0.3 is 4.74 Å². The number of ketones is 1. The van der Waals surface area contributed by atoms with E-state index in [0.29, 0.717) is 5.02 Å². The Kier molecular flexibility index (Phi) is 4.95. The van der Waals surface area contributed by atoms with E-state index in [4.69, 9.17) is 27.9 Å². The predicted molar refractivity (Wildman–Crippen MR) is 79.3 cm³/mol. The Labute approximate surface area is 134 Å². The van der Waals surface area contributed by atoms with Gasteiger partial charge in [-0.2, -0.15) is 0 Å². The average molecular weight is 344 g/mol. The highest BCUT2D eigenvalue weighted by Crippen LogP contribution is 2.28. The quantitative estimate of drug-likeness (QED) is 0.461. The van der Waals surface area contributed by atoms with E-state index in [1.165, 1.54) is 18.2 Å². The van der Waals surface area contributed by atoms with Crippen LogP contribution < -0.4 is 4.74 Å². The second-order valence-electron chi connectivity index (χ2n) is 4.21. The smallest absolute Gasteiger partial charge is 0.311 e. The number of rotatable bonds is 5. The van der Waals surface area contributed by atoms with Gasteiger partial charge in [-0.3, -0.25) is 14.9 Å². The van der Waals surface area contributed by atoms with Crippen molar-refractivity contribution in [3.05, 3.63) is 67.9 Å². The van der Waals surface area contributed by atoms with Gasteiger partial charge in [0.05, 0.1) is 15.0 Å². The first-order valence-corrected chi connectivity index (χ1v) is 6.69. The molecule has 2 aromatic rings. The first kappa shape index (κ1) is 16.2. The van der Waals surface area contributed by atoms with Gasteiger partial charge in [-0.05, 0) is 24.3 Å². The number of nitrogens with zero attached hydrogens (tertiary/aromatic N) is 1. The molecule has 0 bridgehead atoms. The van der Waals surface area contributed by atoms with E-state index in [2.05, 4.69) is 0 Å². The van der Waals surface area contributed by atoms with Crippen LogP contribution in [0.5, 0.6) is 5.75 Å². The van der Waals surface area contributed by atoms with Crippen molar-refractivity contribution >= 4 is 34.7 Å². The molecule has 0 fully saturated rings. The normalized spacial score (nSPS) is 10.3. The Hall–Kier alpha value is -2.18. The molecule has 8 heteroatoms. The number of hydrogen-bond donors (Lipinski definition) is 0. The van der Waals surface area contributed by atoms with Crippen LogP contribution in [-0.4, -0.2) is 17.3 Å². The Morgan fingerprint density at radius 1 is 1.18 bits per heavy atom. The summed E-state index contributed by atoms with van der Waals surface area (Å²) in [5.74, 6) is -1.50. The second kappa shape index (κ2) is 6.72. The summed E-state index contributed by atoms with van der Waals surface area (Å²) in [5.41, 5.74) is -0.197. The first-order chi connectivity index (χ1) is 10.4. The molecular formula is C14H8Cl2FNO4. The molecular weight excluding hydrogens is 336 g/mol. The number of carbonyl (C=O) groups is 1. The number of Topliss-reactive ketones (excluding diaryl/α,β-unsaturated/α-hetero) is 1. The summed E-state index contributed by atoms with van der Waals surface area (Å²) in [5, 5.41) is 11.3. The SMILES string of the molecule is O=C(COc1cc(F)ccc1[N+](=O)[O-])c1ccc(Cl)c(Cl)c1. The van der Waals surface area contributed by atoms with Gasteiger partial charge in [0.15, 0.2) is 18.1 Å². The van der Waals surface area contributed by atoms with Crippen LogP contribution in [0.2, 0.25) is 10.0 Å². The maximum atomic E-state index is 13.1. The van der Waals surface area contributed by atoms with Crippen LogP contribution in [0.15, 0.2) is 36.4 Å². The fraction of sp³-hybridized carbons (Fsp3) is 0.0714. The van der Waals surface area contributed by atoms with Gasteiger partial charge in [0.1, 0.15) is 5.82 Å². The van der Waals surface area contributed by atoms with Crippen molar-refractivity contribution in [2.45, 2.75) is 0 Å². The van der Waals surface area contributed by atoms with Crippen LogP contribution in [0.25, 0.3) is 0 Å². The van der Waals surface area contributed by atoms with Crippen molar-refractivity contribution in [3.8, 4) is 5.75 Å². The lowest BCUT2D eigenvalue weighted by atomic mass is 10.1. The minimum absolute atomic E-state index is 0.198. The summed E-state index contributed by atoms with van der Waals surface area (Å²) < 4.78 is 18.2. The van der Waals surface area contributed by atoms with Crippen molar-refractivity contribution in [2.75, 3.05) is 6.61 Å². The monoisotopic (exact) mass is 343 g/mol. The highest BCUT2D eigenvalue weighted by atomic mass is 35.5. The van der Waals surface area contributed by atoms with E-state index < -0.39 is 28.8 Å². The molecule has 2 aromatic carbocycles. The number of hydrogen-bond acceptors (Lipinski definition) is 4. The topological polar surface area (TPSA) is 69.4 Å². The van der Waals surface area contributed by atoms with Crippen molar-refractivity contribution in [2.24, 2.45) is 0 Å². The zero-order valence-electron chi connectivity index (χ0n) is 10.9. The average Bonchev–Trinajstić information content (AvgIpc) is 2.47. The molecule has 0 saturated heterocycles. The van der Waals surface area contributed by atoms with E-state index in [9.17, 15) is 19.3 Å². The zero-order chi connectivity index (χ0) is 16.3. The predicted octanol–water partition coefficient (Wildman–Crippen LogP) is 4.30. The van der Waals surface area contributed by atoms with Crippen molar-refractivity contribution in [3.63, 3.8) is 0 Å². The van der Waals surface area contributed by atoms with Crippen LogP contribution in [-0.2, 0) is 0 Å². The van der Waals surface area contributed by atoms with Crippen molar-refractivity contribution in [1.29, 1.82) is 0 Å². The summed E-state index contributed by atoms with van der Waals surface area (Å²) in [7, 11) is 0. The number of carbonyl (C=O) groups excluding carboxylic acids is 1. The molecule has 0 atom stereocenters. The molecule has 0 aliphatic carbocycles. The third-order valence-electron chi connectivity index (χ3n) is 2.72. The molecule has 0 aliphatic heterocycles. The summed E-state index contributed by atoms with van der Waals surface area (Å²) in [6, 6.07) is 7.00. The molecule has 5 nitrogen and oxygen atoms in total. The lowest BCUT2D eigenvalue weighted by Crippen LogP contribution is -2.12. The van der Waals surface area contributed by atoms with Gasteiger partial charge in [-0.25, -0.2) is 4.39 Å². The number of nitro benzene ring substituents is 1. The van der Waals surface area contributed by atoms with E-state index >= 15 is 0 Å². The molecule has 0 spiro atoms. The number of benzene rings is 2. The maximum absolute atomic E-state index is 13.1. The largest absolute Gasteiger partial charge is 0.478 e. The van der Waals surface area contributed by atoms with Crippen LogP contribution in [0.1, 0.15) is 10.4 Å². The van der Waals surface area contributed by atoms with E-state index in [1.807, 2.05) is 0 Å². The molecule has 114 valence electrons. The molecule has 0 aliphatic rings. The Balaban J connectivity index is 2.15. The molecule has 0 saturated carbocycles. The summed E-state index contributed by atoms with van der Waals surface area (Å²) in [6.45, 7) is -0.498. The summed E-state index contributed by atoms with van der Waals surface area (Å²) in [4.78, 5) is 22.0. The molecule has 0 heterocycles. The van der Waals surface area contributed by atoms with Gasteiger partial charge in [0, 0.05) is 17.7 Å². The van der Waals surface area contributed by atoms with Gasteiger partial charge >= 0.3 is 5.69 Å². The fourth-order valence-corrected chi connectivity index (χ4v) is 1.95. The van der Waals surface area contributed by atoms with Crippen molar-refractivity contribution in [1.82, 2.24) is 0 Å². The molecule has 0 radical (unpaired) electrons. The fourth-order valence-electron chi connectivity index (χ4n) is 1.65. The standard InChI is InChI=1S/C14H8Cl2FNO4/c15-10-3-1-8(5-11(10)16)13(19)7-22-14-6-9(17)2-4-12(14)18(20)21/h1-6H,7H2. The van der Waals surface area contributed by atoms with E-state index in [-0.39, 0.29) is 16.3 Å². The second-order valence-corrected chi connectivity index (χ2v) is 5.02. The van der Waals surface area contributed by atoms with Crippen molar-refractivity contribution < 1.29 is 18.8 Å². The minimum Gasteiger partial charge on any atom is -0.478 e. The van der Waals surface area contributed by atoms with Gasteiger partial charge in [0.2, 0.25) is 0 Å². The maximum Gasteiger partial charge on any atom is 0.311 e. The Morgan fingerprint density at radius 2 is 1.91 bits per heavy atom. The zero-order valence-corrected chi connectivity index (χ0v) is 12.4. The third-order valence-corrected chi connectivity index (χ3v) is 3.46. The number of ether oxygens (including phenoxy) is 1. The Bertz CT molecular complexity index is 752.